The van der Waals surface area contributed by atoms with Crippen LogP contribution in [0, 0.1) is 6.92 Å². The van der Waals surface area contributed by atoms with Crippen LogP contribution in [-0.4, -0.2) is 22.4 Å². The van der Waals surface area contributed by atoms with E-state index in [2.05, 4.69) is 34.3 Å². The average Bonchev–Trinajstić information content (AvgIpc) is 3.06. The summed E-state index contributed by atoms with van der Waals surface area (Å²) in [4.78, 5) is 22.8. The molecule has 29 heavy (non-hydrogen) atoms. The highest BCUT2D eigenvalue weighted by molar-refractivity contribution is 7.19. The monoisotopic (exact) mass is 403 g/mol. The number of nitrogens with one attached hydrogen (secondary N) is 1. The predicted molar refractivity (Wildman–Crippen MR) is 118 cm³/mol. The maximum absolute atomic E-state index is 11.7. The molecule has 1 N–H and O–H groups in total. The summed E-state index contributed by atoms with van der Waals surface area (Å²) in [5.74, 6) is 1.61. The van der Waals surface area contributed by atoms with Crippen molar-refractivity contribution in [3.05, 3.63) is 65.3 Å². The first-order chi connectivity index (χ1) is 14.1. The third-order valence-corrected chi connectivity index (χ3v) is 5.66. The highest BCUT2D eigenvalue weighted by Crippen LogP contribution is 2.41. The minimum atomic E-state index is 0.0305. The zero-order valence-corrected chi connectivity index (χ0v) is 17.3. The summed E-state index contributed by atoms with van der Waals surface area (Å²) in [7, 11) is 0. The van der Waals surface area contributed by atoms with Crippen LogP contribution in [0.15, 0.2) is 54.9 Å². The lowest BCUT2D eigenvalue weighted by Gasteiger charge is -2.10. The van der Waals surface area contributed by atoms with E-state index in [1.807, 2.05) is 43.3 Å². The molecule has 0 amide bonds. The van der Waals surface area contributed by atoms with Gasteiger partial charge >= 0.3 is 0 Å². The Bertz CT molecular complexity index is 1180. The number of rotatable bonds is 6. The van der Waals surface area contributed by atoms with Crippen molar-refractivity contribution in [1.29, 1.82) is 0 Å². The van der Waals surface area contributed by atoms with Crippen LogP contribution >= 0.6 is 11.3 Å². The molecule has 2 aromatic carbocycles. The molecule has 0 aliphatic heterocycles. The van der Waals surface area contributed by atoms with Crippen LogP contribution in [0.1, 0.15) is 29.1 Å². The summed E-state index contributed by atoms with van der Waals surface area (Å²) < 4.78 is 5.57. The van der Waals surface area contributed by atoms with Crippen molar-refractivity contribution >= 4 is 38.8 Å². The summed E-state index contributed by atoms with van der Waals surface area (Å²) in [6.07, 6.45) is 1.57. The van der Waals surface area contributed by atoms with Crippen LogP contribution < -0.4 is 10.1 Å². The van der Waals surface area contributed by atoms with Gasteiger partial charge in [0.2, 0.25) is 0 Å². The molecule has 0 saturated carbocycles. The molecule has 0 atom stereocenters. The number of aromatic nitrogens is 2. The van der Waals surface area contributed by atoms with Gasteiger partial charge in [0, 0.05) is 21.7 Å². The van der Waals surface area contributed by atoms with E-state index < -0.39 is 0 Å². The minimum absolute atomic E-state index is 0.0305. The third-order valence-electron chi connectivity index (χ3n) is 4.65. The number of nitrogens with zero attached hydrogens (tertiary/aromatic N) is 2. The Labute approximate surface area is 173 Å². The molecule has 6 heteroatoms. The number of hydrogen-bond acceptors (Lipinski definition) is 6. The molecule has 0 aliphatic rings. The van der Waals surface area contributed by atoms with Gasteiger partial charge in [-0.1, -0.05) is 24.3 Å². The number of hydrogen-bond donors (Lipinski definition) is 1. The van der Waals surface area contributed by atoms with Gasteiger partial charge in [0.05, 0.1) is 12.0 Å². The Kier molecular flexibility index (Phi) is 5.27. The van der Waals surface area contributed by atoms with Gasteiger partial charge in [-0.25, -0.2) is 9.97 Å². The molecule has 0 fully saturated rings. The first-order valence-electron chi connectivity index (χ1n) is 9.42. The van der Waals surface area contributed by atoms with Gasteiger partial charge in [0.15, 0.2) is 5.78 Å². The number of carbonyl (C=O) groups is 1. The van der Waals surface area contributed by atoms with Crippen LogP contribution in [0.25, 0.3) is 21.3 Å². The molecule has 0 spiro atoms. The van der Waals surface area contributed by atoms with Crippen molar-refractivity contribution in [2.75, 3.05) is 11.9 Å². The van der Waals surface area contributed by atoms with Crippen LogP contribution in [0.2, 0.25) is 0 Å². The molecule has 146 valence electrons. The minimum Gasteiger partial charge on any atom is -0.494 e. The Morgan fingerprint density at radius 3 is 2.66 bits per heavy atom. The molecule has 0 radical (unpaired) electrons. The number of Topliss-reactive ketones (excluding diaryl/α,β-unsaturated/α-hetero) is 1. The Hall–Kier alpha value is -3.25. The highest BCUT2D eigenvalue weighted by Gasteiger charge is 2.17. The molecule has 2 aromatic heterocycles. The van der Waals surface area contributed by atoms with E-state index >= 15 is 0 Å². The SMILES string of the molecule is CCOc1ccc(-c2c(C)sc3ncnc(Nc4cccc(C(C)=O)c4)c23)cc1. The molecule has 0 bridgehead atoms. The molecule has 0 aliphatic carbocycles. The number of carbonyl (C=O) groups excluding carboxylic acids is 1. The topological polar surface area (TPSA) is 64.1 Å². The zero-order valence-electron chi connectivity index (χ0n) is 16.5. The molecule has 5 nitrogen and oxygen atoms in total. The van der Waals surface area contributed by atoms with Gasteiger partial charge in [-0.15, -0.1) is 11.3 Å². The lowest BCUT2D eigenvalue weighted by Crippen LogP contribution is -1.98. The Morgan fingerprint density at radius 2 is 1.93 bits per heavy atom. The van der Waals surface area contributed by atoms with Gasteiger partial charge in [0.1, 0.15) is 22.7 Å². The van der Waals surface area contributed by atoms with E-state index in [0.717, 1.165) is 38.6 Å². The van der Waals surface area contributed by atoms with Crippen LogP contribution in [0.3, 0.4) is 0 Å². The zero-order chi connectivity index (χ0) is 20.4. The maximum atomic E-state index is 11.7. The molecule has 0 unspecified atom stereocenters. The van der Waals surface area contributed by atoms with E-state index in [0.29, 0.717) is 12.2 Å². The summed E-state index contributed by atoms with van der Waals surface area (Å²) in [5, 5.41) is 4.36. The molecule has 4 rings (SSSR count). The summed E-state index contributed by atoms with van der Waals surface area (Å²) >= 11 is 1.64. The van der Waals surface area contributed by atoms with Crippen LogP contribution in [0.4, 0.5) is 11.5 Å². The fourth-order valence-corrected chi connectivity index (χ4v) is 4.34. The van der Waals surface area contributed by atoms with E-state index in [-0.39, 0.29) is 5.78 Å². The number of ether oxygens (including phenoxy) is 1. The molecule has 4 aromatic rings. The first kappa shape index (κ1) is 19.1. The standard InChI is InChI=1S/C23H21N3O2S/c1-4-28-19-10-8-16(9-11-19)20-15(3)29-23-21(20)22(24-13-25-23)26-18-7-5-6-17(12-18)14(2)27/h5-13H,4H2,1-3H3,(H,24,25,26). The summed E-state index contributed by atoms with van der Waals surface area (Å²) in [6.45, 7) is 6.27. The van der Waals surface area contributed by atoms with E-state index in [9.17, 15) is 4.79 Å². The van der Waals surface area contributed by atoms with Crippen molar-refractivity contribution in [2.24, 2.45) is 0 Å². The number of fused-ring (bicyclic) bond motifs is 1. The van der Waals surface area contributed by atoms with E-state index in [1.165, 1.54) is 4.88 Å². The lowest BCUT2D eigenvalue weighted by atomic mass is 10.0. The molecule has 2 heterocycles. The fraction of sp³-hybridized carbons (Fsp3) is 0.174. The quantitative estimate of drug-likeness (QED) is 0.399. The Morgan fingerprint density at radius 1 is 1.14 bits per heavy atom. The number of ketones is 1. The fourth-order valence-electron chi connectivity index (χ4n) is 3.32. The second-order valence-electron chi connectivity index (χ2n) is 6.66. The van der Waals surface area contributed by atoms with Crippen molar-refractivity contribution in [1.82, 2.24) is 9.97 Å². The highest BCUT2D eigenvalue weighted by atomic mass is 32.1. The van der Waals surface area contributed by atoms with Crippen LogP contribution in [-0.2, 0) is 0 Å². The number of benzene rings is 2. The van der Waals surface area contributed by atoms with E-state index in [1.54, 1.807) is 24.6 Å². The predicted octanol–water partition coefficient (Wildman–Crippen LogP) is 6.01. The maximum Gasteiger partial charge on any atom is 0.159 e. The summed E-state index contributed by atoms with van der Waals surface area (Å²) in [5.41, 5.74) is 3.68. The third kappa shape index (κ3) is 3.84. The van der Waals surface area contributed by atoms with Crippen molar-refractivity contribution in [3.8, 4) is 16.9 Å². The number of anilines is 2. The second-order valence-corrected chi connectivity index (χ2v) is 7.86. The van der Waals surface area contributed by atoms with Gasteiger partial charge in [0.25, 0.3) is 0 Å². The molecular weight excluding hydrogens is 382 g/mol. The average molecular weight is 404 g/mol. The summed E-state index contributed by atoms with van der Waals surface area (Å²) in [6, 6.07) is 15.5. The molecular formula is C23H21N3O2S. The largest absolute Gasteiger partial charge is 0.494 e. The Balaban J connectivity index is 1.80. The van der Waals surface area contributed by atoms with Crippen LogP contribution in [0.5, 0.6) is 5.75 Å². The number of aryl methyl sites for hydroxylation is 1. The smallest absolute Gasteiger partial charge is 0.159 e. The van der Waals surface area contributed by atoms with Gasteiger partial charge in [-0.05, 0) is 50.6 Å². The van der Waals surface area contributed by atoms with Crippen molar-refractivity contribution < 1.29 is 9.53 Å². The van der Waals surface area contributed by atoms with E-state index in [4.69, 9.17) is 4.74 Å². The normalized spacial score (nSPS) is 10.9. The lowest BCUT2D eigenvalue weighted by molar-refractivity contribution is 0.101. The first-order valence-corrected chi connectivity index (χ1v) is 10.2. The second kappa shape index (κ2) is 8.01. The van der Waals surface area contributed by atoms with Crippen molar-refractivity contribution in [2.45, 2.75) is 20.8 Å². The van der Waals surface area contributed by atoms with Gasteiger partial charge in [-0.3, -0.25) is 4.79 Å². The van der Waals surface area contributed by atoms with Gasteiger partial charge in [-0.2, -0.15) is 0 Å². The number of thiophene rings is 1. The van der Waals surface area contributed by atoms with Gasteiger partial charge < -0.3 is 10.1 Å². The van der Waals surface area contributed by atoms with Crippen molar-refractivity contribution in [3.63, 3.8) is 0 Å². The molecule has 0 saturated heterocycles.